The summed E-state index contributed by atoms with van der Waals surface area (Å²) in [6.07, 6.45) is 2.00. The van der Waals surface area contributed by atoms with Crippen molar-refractivity contribution in [1.29, 1.82) is 0 Å². The van der Waals surface area contributed by atoms with E-state index in [2.05, 4.69) is 10.3 Å². The second kappa shape index (κ2) is 10.3. The lowest BCUT2D eigenvalue weighted by Gasteiger charge is -2.45. The van der Waals surface area contributed by atoms with Crippen molar-refractivity contribution in [2.24, 2.45) is 5.92 Å². The van der Waals surface area contributed by atoms with Crippen LogP contribution in [0.4, 0.5) is 4.39 Å². The van der Waals surface area contributed by atoms with Crippen LogP contribution in [0.5, 0.6) is 5.75 Å². The van der Waals surface area contributed by atoms with Gasteiger partial charge in [-0.15, -0.1) is 0 Å². The van der Waals surface area contributed by atoms with Crippen LogP contribution in [0.25, 0.3) is 0 Å². The highest BCUT2D eigenvalue weighted by Gasteiger charge is 2.51. The Morgan fingerprint density at radius 1 is 1.16 bits per heavy atom. The van der Waals surface area contributed by atoms with Gasteiger partial charge in [0.25, 0.3) is 11.5 Å². The van der Waals surface area contributed by atoms with Gasteiger partial charge in [-0.2, -0.15) is 0 Å². The minimum atomic E-state index is -1.22. The number of carbonyl (C=O) groups excluding carboxylic acids is 3. The number of nitrogens with zero attached hydrogens (tertiary/aromatic N) is 4. The predicted molar refractivity (Wildman–Crippen MR) is 129 cm³/mol. The molecule has 0 atom stereocenters. The van der Waals surface area contributed by atoms with Crippen LogP contribution >= 0.6 is 0 Å². The van der Waals surface area contributed by atoms with Crippen molar-refractivity contribution in [3.8, 4) is 5.75 Å². The van der Waals surface area contributed by atoms with Crippen LogP contribution in [-0.2, 0) is 28.2 Å². The molecule has 1 fully saturated rings. The minimum absolute atomic E-state index is 0.00166. The third-order valence-electron chi connectivity index (χ3n) is 7.19. The summed E-state index contributed by atoms with van der Waals surface area (Å²) in [5.41, 5.74) is -1.95. The summed E-state index contributed by atoms with van der Waals surface area (Å²) in [6, 6.07) is 5.47. The Morgan fingerprint density at radius 3 is 2.41 bits per heavy atom. The number of hydrogen-bond acceptors (Lipinski definition) is 7. The summed E-state index contributed by atoms with van der Waals surface area (Å²) >= 11 is 0. The van der Waals surface area contributed by atoms with Crippen LogP contribution in [-0.4, -0.2) is 74.5 Å². The number of rotatable bonds is 6. The number of aromatic hydroxyl groups is 1. The molecule has 3 N–H and O–H groups in total. The lowest BCUT2D eigenvalue weighted by atomic mass is 9.76. The predicted octanol–water partition coefficient (Wildman–Crippen LogP) is 0.326. The van der Waals surface area contributed by atoms with Crippen LogP contribution in [0.2, 0.25) is 0 Å². The van der Waals surface area contributed by atoms with E-state index in [9.17, 15) is 33.8 Å². The van der Waals surface area contributed by atoms with E-state index < -0.39 is 52.7 Å². The third-order valence-corrected chi connectivity index (χ3v) is 7.19. The van der Waals surface area contributed by atoms with Crippen LogP contribution in [0, 0.1) is 11.7 Å². The van der Waals surface area contributed by atoms with Gasteiger partial charge in [-0.05, 0) is 49.3 Å². The van der Waals surface area contributed by atoms with Gasteiger partial charge in [0, 0.05) is 33.7 Å². The van der Waals surface area contributed by atoms with Gasteiger partial charge in [-0.25, -0.2) is 9.37 Å². The topological polar surface area (TPSA) is 145 Å². The van der Waals surface area contributed by atoms with Crippen LogP contribution in [0.15, 0.2) is 29.1 Å². The molecule has 0 saturated heterocycles. The van der Waals surface area contributed by atoms with Crippen molar-refractivity contribution in [3.05, 3.63) is 57.5 Å². The van der Waals surface area contributed by atoms with E-state index in [1.165, 1.54) is 47.8 Å². The van der Waals surface area contributed by atoms with Gasteiger partial charge in [-0.3, -0.25) is 23.7 Å². The Balaban J connectivity index is 1.78. The molecule has 1 aromatic heterocycles. The molecule has 3 aliphatic rings. The summed E-state index contributed by atoms with van der Waals surface area (Å²) in [4.78, 5) is 59.1. The Bertz CT molecular complexity index is 1270. The van der Waals surface area contributed by atoms with Crippen molar-refractivity contribution in [1.82, 2.24) is 24.7 Å². The fraction of sp³-hybridized carbons (Fsp3) is 0.480. The Morgan fingerprint density at radius 2 is 1.81 bits per heavy atom. The molecule has 37 heavy (non-hydrogen) atoms. The third kappa shape index (κ3) is 4.80. The molecular formula is C25H30FN5O6. The zero-order valence-corrected chi connectivity index (χ0v) is 20.7. The normalized spacial score (nSPS) is 20.1. The van der Waals surface area contributed by atoms with Gasteiger partial charge in [-0.1, -0.05) is 12.1 Å². The average molecular weight is 516 g/mol. The number of nitrogens with one attached hydrogen (secondary N) is 1. The molecule has 0 radical (unpaired) electrons. The number of amides is 3. The highest BCUT2D eigenvalue weighted by atomic mass is 19.1. The highest BCUT2D eigenvalue weighted by Crippen LogP contribution is 2.47. The number of fused-ring (bicyclic) bond motifs is 2. The molecule has 2 bridgehead atoms. The van der Waals surface area contributed by atoms with Gasteiger partial charge in [0.05, 0.1) is 6.61 Å². The van der Waals surface area contributed by atoms with Crippen molar-refractivity contribution in [2.75, 3.05) is 27.2 Å². The van der Waals surface area contributed by atoms with Gasteiger partial charge in [0.1, 0.15) is 17.2 Å². The molecule has 0 unspecified atom stereocenters. The first-order chi connectivity index (χ1) is 17.6. The fourth-order valence-electron chi connectivity index (χ4n) is 5.22. The number of carbonyl (C=O) groups is 3. The van der Waals surface area contributed by atoms with E-state index in [-0.39, 0.29) is 31.4 Å². The molecule has 11 nitrogen and oxygen atoms in total. The smallest absolute Gasteiger partial charge is 0.312 e. The minimum Gasteiger partial charge on any atom is -0.501 e. The van der Waals surface area contributed by atoms with E-state index in [1.54, 1.807) is 0 Å². The summed E-state index contributed by atoms with van der Waals surface area (Å²) in [5, 5.41) is 23.0. The van der Waals surface area contributed by atoms with Crippen LogP contribution < -0.4 is 10.9 Å². The second-order valence-corrected chi connectivity index (χ2v) is 9.71. The van der Waals surface area contributed by atoms with Crippen LogP contribution in [0.3, 0.4) is 0 Å². The number of aliphatic hydroxyl groups excluding tert-OH is 1. The standard InChI is InChI=1S/C25H30FN5O6/c1-29(2)22(36)23(37)31(11-12-32)25-9-7-16(8-10-25)14-30-21(35)19(33)18(28-24(25)30)20(34)27-13-15-3-5-17(26)6-4-15/h3-6,16,32-33H,7-14H2,1-2H3,(H,27,34). The van der Waals surface area contributed by atoms with E-state index >= 15 is 0 Å². The quantitative estimate of drug-likeness (QED) is 0.470. The molecule has 3 amide bonds. The maximum atomic E-state index is 13.3. The second-order valence-electron chi connectivity index (χ2n) is 9.71. The van der Waals surface area contributed by atoms with E-state index in [4.69, 9.17) is 0 Å². The molecule has 0 spiro atoms. The molecule has 5 rings (SSSR count). The van der Waals surface area contributed by atoms with Gasteiger partial charge >= 0.3 is 11.8 Å². The molecule has 1 saturated carbocycles. The van der Waals surface area contributed by atoms with E-state index in [1.807, 2.05) is 0 Å². The molecule has 2 aliphatic heterocycles. The lowest BCUT2D eigenvalue weighted by molar-refractivity contribution is -0.156. The number of aliphatic hydroxyl groups is 1. The average Bonchev–Trinajstić information content (AvgIpc) is 3.14. The number of aromatic nitrogens is 2. The van der Waals surface area contributed by atoms with E-state index in [0.717, 1.165) is 4.90 Å². The van der Waals surface area contributed by atoms with Gasteiger partial charge < -0.3 is 25.3 Å². The molecular weight excluding hydrogens is 485 g/mol. The van der Waals surface area contributed by atoms with Crippen molar-refractivity contribution in [3.63, 3.8) is 0 Å². The van der Waals surface area contributed by atoms with Crippen molar-refractivity contribution < 1.29 is 29.0 Å². The Labute approximate surface area is 212 Å². The Kier molecular flexibility index (Phi) is 7.30. The Hall–Kier alpha value is -3.80. The summed E-state index contributed by atoms with van der Waals surface area (Å²) in [5.74, 6) is -3.52. The molecule has 198 valence electrons. The first kappa shape index (κ1) is 26.3. The van der Waals surface area contributed by atoms with Gasteiger partial charge in [0.15, 0.2) is 5.69 Å². The summed E-state index contributed by atoms with van der Waals surface area (Å²) in [6.45, 7) is -0.355. The van der Waals surface area contributed by atoms with Gasteiger partial charge in [0.2, 0.25) is 5.75 Å². The molecule has 3 heterocycles. The SMILES string of the molecule is CN(C)C(=O)C(=O)N(CCO)C12CCC(CC1)Cn1c2nc(C(=O)NCc2ccc(F)cc2)c(O)c1=O. The fourth-order valence-corrected chi connectivity index (χ4v) is 5.22. The monoisotopic (exact) mass is 515 g/mol. The number of likely N-dealkylation sites (N-methyl/N-ethyl adjacent to an activating group) is 1. The molecule has 12 heteroatoms. The molecule has 2 aromatic rings. The maximum absolute atomic E-state index is 13.3. The van der Waals surface area contributed by atoms with E-state index in [0.29, 0.717) is 31.2 Å². The summed E-state index contributed by atoms with van der Waals surface area (Å²) in [7, 11) is 2.88. The zero-order valence-electron chi connectivity index (χ0n) is 20.7. The lowest BCUT2D eigenvalue weighted by Crippen LogP contribution is -2.57. The van der Waals surface area contributed by atoms with Crippen molar-refractivity contribution in [2.45, 2.75) is 44.3 Å². The summed E-state index contributed by atoms with van der Waals surface area (Å²) < 4.78 is 14.5. The number of benzene rings is 1. The first-order valence-corrected chi connectivity index (χ1v) is 12.1. The largest absolute Gasteiger partial charge is 0.501 e. The van der Waals surface area contributed by atoms with Crippen molar-refractivity contribution >= 4 is 17.7 Å². The zero-order chi connectivity index (χ0) is 26.9. The number of halogens is 1. The highest BCUT2D eigenvalue weighted by molar-refractivity contribution is 6.34. The molecule has 1 aromatic carbocycles. The maximum Gasteiger partial charge on any atom is 0.312 e. The number of hydrogen-bond donors (Lipinski definition) is 3. The van der Waals surface area contributed by atoms with Crippen LogP contribution in [0.1, 0.15) is 47.6 Å². The first-order valence-electron chi connectivity index (χ1n) is 12.1. The molecule has 1 aliphatic carbocycles.